The van der Waals surface area contributed by atoms with Gasteiger partial charge in [0, 0.05) is 11.6 Å². The lowest BCUT2D eigenvalue weighted by molar-refractivity contribution is 0.102. The highest BCUT2D eigenvalue weighted by Gasteiger charge is 2.11. The van der Waals surface area contributed by atoms with Gasteiger partial charge in [0.05, 0.1) is 34.8 Å². The van der Waals surface area contributed by atoms with Crippen molar-refractivity contribution in [1.82, 2.24) is 15.0 Å². The van der Waals surface area contributed by atoms with E-state index in [2.05, 4.69) is 25.6 Å². The van der Waals surface area contributed by atoms with Crippen LogP contribution in [0, 0.1) is 11.3 Å². The van der Waals surface area contributed by atoms with Crippen LogP contribution in [0.15, 0.2) is 73.2 Å². The van der Waals surface area contributed by atoms with Gasteiger partial charge in [-0.05, 0) is 24.3 Å². The van der Waals surface area contributed by atoms with Crippen molar-refractivity contribution < 1.29 is 4.79 Å². The van der Waals surface area contributed by atoms with Gasteiger partial charge in [0.25, 0.3) is 5.91 Å². The highest BCUT2D eigenvalue weighted by Crippen LogP contribution is 2.23. The molecule has 0 bridgehead atoms. The first kappa shape index (κ1) is 17.1. The SMILES string of the molecule is N#Cc1ccccc1NC(=O)c1cnc(Nc2cccc3cccnc23)cn1. The molecule has 2 aromatic heterocycles. The van der Waals surface area contributed by atoms with Crippen LogP contribution < -0.4 is 10.6 Å². The number of nitrogens with one attached hydrogen (secondary N) is 2. The summed E-state index contributed by atoms with van der Waals surface area (Å²) in [5.41, 5.74) is 2.58. The number of aromatic nitrogens is 3. The monoisotopic (exact) mass is 366 g/mol. The molecule has 0 spiro atoms. The van der Waals surface area contributed by atoms with E-state index in [9.17, 15) is 4.79 Å². The van der Waals surface area contributed by atoms with Crippen LogP contribution in [0.3, 0.4) is 0 Å². The van der Waals surface area contributed by atoms with Crippen LogP contribution in [-0.2, 0) is 0 Å². The summed E-state index contributed by atoms with van der Waals surface area (Å²) in [6.45, 7) is 0. The average Bonchev–Trinajstić information content (AvgIpc) is 2.75. The number of nitriles is 1. The van der Waals surface area contributed by atoms with Gasteiger partial charge >= 0.3 is 0 Å². The lowest BCUT2D eigenvalue weighted by Gasteiger charge is -2.09. The van der Waals surface area contributed by atoms with Crippen molar-refractivity contribution in [3.05, 3.63) is 84.4 Å². The van der Waals surface area contributed by atoms with E-state index < -0.39 is 5.91 Å². The second-order valence-corrected chi connectivity index (χ2v) is 5.90. The largest absolute Gasteiger partial charge is 0.337 e. The third kappa shape index (κ3) is 3.48. The zero-order chi connectivity index (χ0) is 19.3. The molecule has 134 valence electrons. The van der Waals surface area contributed by atoms with Crippen LogP contribution >= 0.6 is 0 Å². The molecule has 0 atom stereocenters. The molecule has 4 aromatic rings. The van der Waals surface area contributed by atoms with Crippen LogP contribution in [0.1, 0.15) is 16.1 Å². The van der Waals surface area contributed by atoms with Crippen molar-refractivity contribution in [3.63, 3.8) is 0 Å². The number of carbonyl (C=O) groups excluding carboxylic acids is 1. The predicted octanol–water partition coefficient (Wildman–Crippen LogP) is 3.89. The summed E-state index contributed by atoms with van der Waals surface area (Å²) in [5.74, 6) is 0.0562. The van der Waals surface area contributed by atoms with Crippen molar-refractivity contribution in [2.45, 2.75) is 0 Å². The van der Waals surface area contributed by atoms with E-state index in [1.807, 2.05) is 36.4 Å². The third-order valence-electron chi connectivity index (χ3n) is 4.08. The van der Waals surface area contributed by atoms with Crippen LogP contribution in [-0.4, -0.2) is 20.9 Å². The number of rotatable bonds is 4. The Morgan fingerprint density at radius 1 is 0.893 bits per heavy atom. The minimum atomic E-state index is -0.437. The summed E-state index contributed by atoms with van der Waals surface area (Å²) in [4.78, 5) is 25.2. The molecule has 0 fully saturated rings. The molecule has 0 saturated carbocycles. The maximum absolute atomic E-state index is 12.4. The molecule has 0 unspecified atom stereocenters. The number of amides is 1. The number of benzene rings is 2. The second-order valence-electron chi connectivity index (χ2n) is 5.90. The fourth-order valence-corrected chi connectivity index (χ4v) is 2.73. The Hall–Kier alpha value is -4.31. The number of nitrogens with zero attached hydrogens (tertiary/aromatic N) is 4. The van der Waals surface area contributed by atoms with E-state index in [1.54, 1.807) is 30.5 Å². The van der Waals surface area contributed by atoms with E-state index >= 15 is 0 Å². The lowest BCUT2D eigenvalue weighted by atomic mass is 10.2. The third-order valence-corrected chi connectivity index (χ3v) is 4.08. The molecule has 0 aliphatic rings. The standard InChI is InChI=1S/C21H14N6O/c22-11-15-5-1-2-8-16(15)27-21(28)18-12-25-19(13-24-18)26-17-9-3-6-14-7-4-10-23-20(14)17/h1-10,12-13H,(H,25,26)(H,27,28). The molecule has 1 amide bonds. The van der Waals surface area contributed by atoms with Crippen molar-refractivity contribution >= 4 is 34.0 Å². The van der Waals surface area contributed by atoms with Crippen LogP contribution in [0.4, 0.5) is 17.2 Å². The fourth-order valence-electron chi connectivity index (χ4n) is 2.73. The summed E-state index contributed by atoms with van der Waals surface area (Å²) < 4.78 is 0. The predicted molar refractivity (Wildman–Crippen MR) is 106 cm³/mol. The van der Waals surface area contributed by atoms with E-state index in [1.165, 1.54) is 12.4 Å². The molecular weight excluding hydrogens is 352 g/mol. The molecule has 0 radical (unpaired) electrons. The first-order chi connectivity index (χ1) is 13.7. The van der Waals surface area contributed by atoms with Gasteiger partial charge in [-0.3, -0.25) is 9.78 Å². The van der Waals surface area contributed by atoms with Gasteiger partial charge in [-0.25, -0.2) is 9.97 Å². The van der Waals surface area contributed by atoms with Crippen molar-refractivity contribution in [3.8, 4) is 6.07 Å². The van der Waals surface area contributed by atoms with Gasteiger partial charge < -0.3 is 10.6 Å². The minimum absolute atomic E-state index is 0.148. The Morgan fingerprint density at radius 3 is 2.54 bits per heavy atom. The highest BCUT2D eigenvalue weighted by molar-refractivity contribution is 6.03. The quantitative estimate of drug-likeness (QED) is 0.568. The Balaban J connectivity index is 1.52. The average molecular weight is 366 g/mol. The van der Waals surface area contributed by atoms with E-state index in [4.69, 9.17) is 5.26 Å². The zero-order valence-corrected chi connectivity index (χ0v) is 14.6. The molecule has 2 aromatic carbocycles. The molecule has 0 aliphatic carbocycles. The van der Waals surface area contributed by atoms with Gasteiger partial charge in [0.1, 0.15) is 17.6 Å². The van der Waals surface area contributed by atoms with Gasteiger partial charge in [-0.15, -0.1) is 0 Å². The topological polar surface area (TPSA) is 104 Å². The van der Waals surface area contributed by atoms with Gasteiger partial charge in [-0.1, -0.05) is 30.3 Å². The molecule has 2 N–H and O–H groups in total. The smallest absolute Gasteiger partial charge is 0.275 e. The lowest BCUT2D eigenvalue weighted by Crippen LogP contribution is -2.15. The number of hydrogen-bond acceptors (Lipinski definition) is 6. The molecule has 4 rings (SSSR count). The maximum atomic E-state index is 12.4. The Morgan fingerprint density at radius 2 is 1.71 bits per heavy atom. The van der Waals surface area contributed by atoms with Crippen LogP contribution in [0.2, 0.25) is 0 Å². The van der Waals surface area contributed by atoms with E-state index in [-0.39, 0.29) is 5.69 Å². The van der Waals surface area contributed by atoms with E-state index in [0.717, 1.165) is 16.6 Å². The van der Waals surface area contributed by atoms with Crippen LogP contribution in [0.5, 0.6) is 0 Å². The first-order valence-electron chi connectivity index (χ1n) is 8.48. The maximum Gasteiger partial charge on any atom is 0.275 e. The summed E-state index contributed by atoms with van der Waals surface area (Å²) >= 11 is 0. The minimum Gasteiger partial charge on any atom is -0.337 e. The highest BCUT2D eigenvalue weighted by atomic mass is 16.1. The molecule has 0 saturated heterocycles. The van der Waals surface area contributed by atoms with Gasteiger partial charge in [-0.2, -0.15) is 5.26 Å². The summed E-state index contributed by atoms with van der Waals surface area (Å²) in [5, 5.41) is 16.0. The summed E-state index contributed by atoms with van der Waals surface area (Å²) in [7, 11) is 0. The van der Waals surface area contributed by atoms with Gasteiger partial charge in [0.15, 0.2) is 0 Å². The van der Waals surface area contributed by atoms with Gasteiger partial charge in [0.2, 0.25) is 0 Å². The normalized spacial score (nSPS) is 10.2. The number of carbonyl (C=O) groups is 1. The molecule has 2 heterocycles. The number of fused-ring (bicyclic) bond motifs is 1. The Bertz CT molecular complexity index is 1190. The van der Waals surface area contributed by atoms with Crippen LogP contribution in [0.25, 0.3) is 10.9 Å². The number of para-hydroxylation sites is 2. The molecule has 0 aliphatic heterocycles. The Kier molecular flexibility index (Phi) is 4.59. The zero-order valence-electron chi connectivity index (χ0n) is 14.6. The van der Waals surface area contributed by atoms with Crippen molar-refractivity contribution in [2.75, 3.05) is 10.6 Å². The number of pyridine rings is 1. The van der Waals surface area contributed by atoms with Crippen molar-refractivity contribution in [1.29, 1.82) is 5.26 Å². The molecule has 7 nitrogen and oxygen atoms in total. The number of hydrogen-bond donors (Lipinski definition) is 2. The molecule has 7 heteroatoms. The summed E-state index contributed by atoms with van der Waals surface area (Å²) in [6.07, 6.45) is 4.59. The number of anilines is 3. The fraction of sp³-hybridized carbons (Fsp3) is 0. The summed E-state index contributed by atoms with van der Waals surface area (Å²) in [6, 6.07) is 18.5. The molecular formula is C21H14N6O. The Labute approximate surface area is 160 Å². The van der Waals surface area contributed by atoms with E-state index in [0.29, 0.717) is 17.1 Å². The van der Waals surface area contributed by atoms with Crippen molar-refractivity contribution in [2.24, 2.45) is 0 Å². The molecule has 28 heavy (non-hydrogen) atoms. The second kappa shape index (κ2) is 7.51. The first-order valence-corrected chi connectivity index (χ1v) is 8.48.